The minimum absolute atomic E-state index is 0.178. The lowest BCUT2D eigenvalue weighted by Gasteiger charge is -2.08. The van der Waals surface area contributed by atoms with Gasteiger partial charge in [0, 0.05) is 20.4 Å². The largest absolute Gasteiger partial charge is 0.325 e. The van der Waals surface area contributed by atoms with Crippen molar-refractivity contribution in [3.63, 3.8) is 0 Å². The van der Waals surface area contributed by atoms with E-state index in [9.17, 15) is 4.79 Å². The molecule has 2 rings (SSSR count). The van der Waals surface area contributed by atoms with Crippen LogP contribution in [0.3, 0.4) is 0 Å². The van der Waals surface area contributed by atoms with E-state index in [4.69, 9.17) is 5.73 Å². The summed E-state index contributed by atoms with van der Waals surface area (Å²) in [7, 11) is 0. The second kappa shape index (κ2) is 7.54. The highest BCUT2D eigenvalue weighted by Gasteiger charge is 2.07. The molecule has 1 amide bonds. The Labute approximate surface area is 133 Å². The van der Waals surface area contributed by atoms with E-state index in [1.807, 2.05) is 24.3 Å². The Kier molecular flexibility index (Phi) is 5.73. The molecule has 1 atom stereocenters. The first-order valence-electron chi connectivity index (χ1n) is 6.57. The number of rotatable bonds is 5. The van der Waals surface area contributed by atoms with Gasteiger partial charge >= 0.3 is 0 Å². The normalized spacial score (nSPS) is 12.0. The zero-order valence-electron chi connectivity index (χ0n) is 12.0. The molecule has 0 saturated heterocycles. The van der Waals surface area contributed by atoms with Crippen molar-refractivity contribution in [1.29, 1.82) is 0 Å². The van der Waals surface area contributed by atoms with Gasteiger partial charge in [0.15, 0.2) is 0 Å². The molecule has 0 bridgehead atoms. The van der Waals surface area contributed by atoms with Crippen molar-refractivity contribution in [2.24, 2.45) is 5.73 Å². The van der Waals surface area contributed by atoms with E-state index in [2.05, 4.69) is 35.8 Å². The topological polar surface area (TPSA) is 55.1 Å². The van der Waals surface area contributed by atoms with E-state index in [-0.39, 0.29) is 5.91 Å². The molecule has 0 spiro atoms. The number of nitrogens with two attached hydrogens (primary N) is 1. The highest BCUT2D eigenvalue weighted by atomic mass is 32.2. The molecule has 0 heterocycles. The van der Waals surface area contributed by atoms with Crippen LogP contribution in [0.15, 0.2) is 63.2 Å². The fraction of sp³-hybridized carbons (Fsp3) is 0.188. The predicted octanol–water partition coefficient (Wildman–Crippen LogP) is 3.85. The van der Waals surface area contributed by atoms with Gasteiger partial charge in [0.2, 0.25) is 5.91 Å². The van der Waals surface area contributed by atoms with E-state index >= 15 is 0 Å². The second-order valence-electron chi connectivity index (χ2n) is 4.58. The van der Waals surface area contributed by atoms with Crippen LogP contribution in [-0.2, 0) is 4.79 Å². The molecule has 0 aliphatic rings. The number of carbonyl (C=O) groups excluding carboxylic acids is 1. The lowest BCUT2D eigenvalue weighted by molar-refractivity contribution is -0.117. The molecular formula is C16H18N2OS2. The zero-order valence-corrected chi connectivity index (χ0v) is 13.6. The van der Waals surface area contributed by atoms with E-state index < -0.39 is 6.04 Å². The monoisotopic (exact) mass is 318 g/mol. The third-order valence-corrected chi connectivity index (χ3v) is 4.59. The van der Waals surface area contributed by atoms with Crippen LogP contribution in [0.2, 0.25) is 0 Å². The maximum atomic E-state index is 11.5. The van der Waals surface area contributed by atoms with Gasteiger partial charge in [-0.3, -0.25) is 4.79 Å². The van der Waals surface area contributed by atoms with Crippen molar-refractivity contribution in [3.05, 3.63) is 48.5 Å². The molecule has 0 aliphatic heterocycles. The Morgan fingerprint density at radius 3 is 1.95 bits per heavy atom. The molecule has 110 valence electrons. The first-order chi connectivity index (χ1) is 10.1. The van der Waals surface area contributed by atoms with Crippen molar-refractivity contribution in [2.75, 3.05) is 11.6 Å². The second-order valence-corrected chi connectivity index (χ2v) is 6.61. The summed E-state index contributed by atoms with van der Waals surface area (Å²) in [5, 5.41) is 2.77. The molecule has 0 fully saturated rings. The van der Waals surface area contributed by atoms with Crippen LogP contribution in [0.5, 0.6) is 0 Å². The molecule has 3 N–H and O–H groups in total. The van der Waals surface area contributed by atoms with Crippen LogP contribution in [0, 0.1) is 0 Å². The first-order valence-corrected chi connectivity index (χ1v) is 8.61. The number of carbonyl (C=O) groups is 1. The van der Waals surface area contributed by atoms with Gasteiger partial charge in [-0.15, -0.1) is 11.8 Å². The lowest BCUT2D eigenvalue weighted by atomic mass is 10.3. The standard InChI is InChI=1S/C16H18N2OS2/c1-11(17)16(19)18-12-3-5-14(6-4-12)21-15-9-7-13(20-2)8-10-15/h3-11H,17H2,1-2H3,(H,18,19). The number of nitrogens with one attached hydrogen (secondary N) is 1. The SMILES string of the molecule is CSc1ccc(Sc2ccc(NC(=O)C(C)N)cc2)cc1. The number of anilines is 1. The van der Waals surface area contributed by atoms with Crippen molar-refractivity contribution < 1.29 is 4.79 Å². The van der Waals surface area contributed by atoms with Gasteiger partial charge in [-0.05, 0) is 61.7 Å². The van der Waals surface area contributed by atoms with Gasteiger partial charge in [-0.1, -0.05) is 11.8 Å². The number of hydrogen-bond donors (Lipinski definition) is 2. The summed E-state index contributed by atoms with van der Waals surface area (Å²) in [4.78, 5) is 15.1. The molecule has 0 radical (unpaired) electrons. The fourth-order valence-electron chi connectivity index (χ4n) is 1.64. The van der Waals surface area contributed by atoms with Crippen LogP contribution in [0.4, 0.5) is 5.69 Å². The summed E-state index contributed by atoms with van der Waals surface area (Å²) in [6.45, 7) is 1.66. The van der Waals surface area contributed by atoms with E-state index in [0.29, 0.717) is 0 Å². The van der Waals surface area contributed by atoms with Crippen LogP contribution in [0.25, 0.3) is 0 Å². The zero-order chi connectivity index (χ0) is 15.2. The van der Waals surface area contributed by atoms with Crippen LogP contribution in [-0.4, -0.2) is 18.2 Å². The number of benzene rings is 2. The van der Waals surface area contributed by atoms with E-state index in [0.717, 1.165) is 10.6 Å². The maximum absolute atomic E-state index is 11.5. The summed E-state index contributed by atoms with van der Waals surface area (Å²) in [5.41, 5.74) is 6.28. The first kappa shape index (κ1) is 15.9. The fourth-order valence-corrected chi connectivity index (χ4v) is 2.87. The Bertz CT molecular complexity index is 595. The van der Waals surface area contributed by atoms with Gasteiger partial charge in [0.05, 0.1) is 6.04 Å². The van der Waals surface area contributed by atoms with E-state index in [1.165, 1.54) is 9.79 Å². The molecule has 0 aromatic heterocycles. The van der Waals surface area contributed by atoms with Crippen molar-refractivity contribution in [2.45, 2.75) is 27.7 Å². The van der Waals surface area contributed by atoms with Crippen LogP contribution >= 0.6 is 23.5 Å². The van der Waals surface area contributed by atoms with Crippen LogP contribution < -0.4 is 11.1 Å². The average Bonchev–Trinajstić information content (AvgIpc) is 2.50. The third-order valence-electron chi connectivity index (χ3n) is 2.83. The van der Waals surface area contributed by atoms with Crippen molar-refractivity contribution in [3.8, 4) is 0 Å². The minimum Gasteiger partial charge on any atom is -0.325 e. The molecule has 21 heavy (non-hydrogen) atoms. The Morgan fingerprint density at radius 2 is 1.48 bits per heavy atom. The molecule has 3 nitrogen and oxygen atoms in total. The summed E-state index contributed by atoms with van der Waals surface area (Å²) < 4.78 is 0. The molecule has 1 unspecified atom stereocenters. The Hall–Kier alpha value is -1.43. The van der Waals surface area contributed by atoms with Crippen LogP contribution in [0.1, 0.15) is 6.92 Å². The summed E-state index contributed by atoms with van der Waals surface area (Å²) >= 11 is 3.43. The van der Waals surface area contributed by atoms with Gasteiger partial charge in [-0.2, -0.15) is 0 Å². The highest BCUT2D eigenvalue weighted by molar-refractivity contribution is 7.99. The Balaban J connectivity index is 2.00. The predicted molar refractivity (Wildman–Crippen MR) is 91.1 cm³/mol. The van der Waals surface area contributed by atoms with Gasteiger partial charge in [0.25, 0.3) is 0 Å². The highest BCUT2D eigenvalue weighted by Crippen LogP contribution is 2.29. The average molecular weight is 318 g/mol. The number of amides is 1. The summed E-state index contributed by atoms with van der Waals surface area (Å²) in [6, 6.07) is 15.7. The van der Waals surface area contributed by atoms with Gasteiger partial charge < -0.3 is 11.1 Å². The maximum Gasteiger partial charge on any atom is 0.240 e. The van der Waals surface area contributed by atoms with E-state index in [1.54, 1.807) is 30.4 Å². The molecule has 2 aromatic carbocycles. The smallest absolute Gasteiger partial charge is 0.240 e. The Morgan fingerprint density at radius 1 is 1.00 bits per heavy atom. The molecule has 0 saturated carbocycles. The quantitative estimate of drug-likeness (QED) is 0.822. The van der Waals surface area contributed by atoms with Gasteiger partial charge in [-0.25, -0.2) is 0 Å². The van der Waals surface area contributed by atoms with Crippen molar-refractivity contribution in [1.82, 2.24) is 0 Å². The molecule has 0 aliphatic carbocycles. The third kappa shape index (κ3) is 4.81. The number of thioether (sulfide) groups is 1. The lowest BCUT2D eigenvalue weighted by Crippen LogP contribution is -2.32. The van der Waals surface area contributed by atoms with Gasteiger partial charge in [0.1, 0.15) is 0 Å². The summed E-state index contributed by atoms with van der Waals surface area (Å²) in [6.07, 6.45) is 2.07. The minimum atomic E-state index is -0.506. The molecule has 5 heteroatoms. The summed E-state index contributed by atoms with van der Waals surface area (Å²) in [5.74, 6) is -0.178. The number of hydrogen-bond acceptors (Lipinski definition) is 4. The molecular weight excluding hydrogens is 300 g/mol. The van der Waals surface area contributed by atoms with Crippen molar-refractivity contribution >= 4 is 35.1 Å². The molecule has 2 aromatic rings.